The van der Waals surface area contributed by atoms with E-state index in [1.54, 1.807) is 0 Å². The molecule has 2 heterocycles. The van der Waals surface area contributed by atoms with Crippen molar-refractivity contribution in [2.45, 2.75) is 46.5 Å². The molecule has 0 saturated heterocycles. The van der Waals surface area contributed by atoms with Crippen LogP contribution in [0.1, 0.15) is 51.4 Å². The number of pyridine rings is 1. The highest BCUT2D eigenvalue weighted by atomic mass is 19.1. The SMILES string of the molecule is CC(C)/C=C/c1c(C(C)(C)C)nc2c(c1-c1ccc(F)cc1)CCOc1ccccc1-2. The number of hydrogen-bond acceptors (Lipinski definition) is 2. The standard InChI is InChI=1S/C28H30FNO/c1-18(2)10-15-23-25(19-11-13-20(29)14-12-19)22-16-17-31-24-9-7-6-8-21(24)26(22)30-27(23)28(3,4)5/h6-15,18H,16-17H2,1-5H3/b15-10+. The predicted molar refractivity (Wildman–Crippen MR) is 127 cm³/mol. The number of rotatable bonds is 3. The summed E-state index contributed by atoms with van der Waals surface area (Å²) < 4.78 is 19.9. The molecule has 0 bridgehead atoms. The zero-order valence-electron chi connectivity index (χ0n) is 19.0. The summed E-state index contributed by atoms with van der Waals surface area (Å²) in [6, 6.07) is 14.9. The average molecular weight is 416 g/mol. The average Bonchev–Trinajstić information content (AvgIpc) is 2.90. The van der Waals surface area contributed by atoms with Gasteiger partial charge in [0, 0.05) is 23.0 Å². The summed E-state index contributed by atoms with van der Waals surface area (Å²) >= 11 is 0. The van der Waals surface area contributed by atoms with Gasteiger partial charge in [-0.2, -0.15) is 0 Å². The minimum atomic E-state index is -0.229. The molecule has 0 radical (unpaired) electrons. The lowest BCUT2D eigenvalue weighted by Crippen LogP contribution is -2.18. The minimum absolute atomic E-state index is 0.164. The number of benzene rings is 2. The van der Waals surface area contributed by atoms with Gasteiger partial charge in [-0.15, -0.1) is 0 Å². The largest absolute Gasteiger partial charge is 0.493 e. The van der Waals surface area contributed by atoms with Gasteiger partial charge in [-0.05, 0) is 46.9 Å². The van der Waals surface area contributed by atoms with E-state index in [9.17, 15) is 4.39 Å². The number of allylic oxidation sites excluding steroid dienone is 1. The fraction of sp³-hybridized carbons (Fsp3) is 0.321. The Morgan fingerprint density at radius 2 is 1.74 bits per heavy atom. The van der Waals surface area contributed by atoms with Gasteiger partial charge in [0.1, 0.15) is 11.6 Å². The third kappa shape index (κ3) is 4.27. The van der Waals surface area contributed by atoms with Gasteiger partial charge in [0.2, 0.25) is 0 Å². The fourth-order valence-electron chi connectivity index (χ4n) is 4.13. The van der Waals surface area contributed by atoms with Crippen LogP contribution in [-0.2, 0) is 11.8 Å². The van der Waals surface area contributed by atoms with Crippen LogP contribution in [0.4, 0.5) is 4.39 Å². The van der Waals surface area contributed by atoms with Gasteiger partial charge in [0.25, 0.3) is 0 Å². The van der Waals surface area contributed by atoms with Crippen molar-refractivity contribution in [1.82, 2.24) is 4.98 Å². The zero-order chi connectivity index (χ0) is 22.2. The molecule has 0 aliphatic carbocycles. The topological polar surface area (TPSA) is 22.1 Å². The summed E-state index contributed by atoms with van der Waals surface area (Å²) in [6.45, 7) is 11.5. The maximum atomic E-state index is 13.8. The number of halogens is 1. The van der Waals surface area contributed by atoms with E-state index in [1.807, 2.05) is 30.3 Å². The Balaban J connectivity index is 2.13. The van der Waals surface area contributed by atoms with Crippen molar-refractivity contribution in [2.24, 2.45) is 5.92 Å². The summed E-state index contributed by atoms with van der Waals surface area (Å²) in [5, 5.41) is 0. The summed E-state index contributed by atoms with van der Waals surface area (Å²) in [4.78, 5) is 5.26. The van der Waals surface area contributed by atoms with Crippen molar-refractivity contribution in [1.29, 1.82) is 0 Å². The maximum Gasteiger partial charge on any atom is 0.128 e. The first kappa shape index (κ1) is 21.3. The maximum absolute atomic E-state index is 13.8. The van der Waals surface area contributed by atoms with E-state index >= 15 is 0 Å². The lowest BCUT2D eigenvalue weighted by atomic mass is 9.81. The lowest BCUT2D eigenvalue weighted by Gasteiger charge is -2.26. The summed E-state index contributed by atoms with van der Waals surface area (Å²) in [7, 11) is 0. The monoisotopic (exact) mass is 415 g/mol. The normalized spacial score (nSPS) is 13.6. The zero-order valence-corrected chi connectivity index (χ0v) is 19.0. The van der Waals surface area contributed by atoms with E-state index in [2.05, 4.69) is 52.8 Å². The first-order valence-corrected chi connectivity index (χ1v) is 11.0. The lowest BCUT2D eigenvalue weighted by molar-refractivity contribution is 0.326. The molecule has 160 valence electrons. The Morgan fingerprint density at radius 1 is 1.03 bits per heavy atom. The first-order chi connectivity index (χ1) is 14.8. The molecule has 3 heteroatoms. The Labute approximate surface area is 184 Å². The van der Waals surface area contributed by atoms with Crippen molar-refractivity contribution >= 4 is 6.08 Å². The van der Waals surface area contributed by atoms with E-state index < -0.39 is 0 Å². The molecule has 3 aromatic rings. The molecule has 2 aromatic carbocycles. The smallest absolute Gasteiger partial charge is 0.128 e. The van der Waals surface area contributed by atoms with Gasteiger partial charge in [-0.25, -0.2) is 4.39 Å². The summed E-state index contributed by atoms with van der Waals surface area (Å²) in [6.07, 6.45) is 5.17. The number of para-hydroxylation sites is 1. The molecule has 0 amide bonds. The Bertz CT molecular complexity index is 1120. The van der Waals surface area contributed by atoms with Crippen LogP contribution in [0.3, 0.4) is 0 Å². The van der Waals surface area contributed by atoms with Gasteiger partial charge >= 0.3 is 0 Å². The number of fused-ring (bicyclic) bond motifs is 3. The predicted octanol–water partition coefficient (Wildman–Crippen LogP) is 7.46. The van der Waals surface area contributed by atoms with Crippen LogP contribution in [-0.4, -0.2) is 11.6 Å². The molecule has 1 aliphatic heterocycles. The van der Waals surface area contributed by atoms with Crippen LogP contribution < -0.4 is 4.74 Å². The van der Waals surface area contributed by atoms with Crippen LogP contribution in [0.2, 0.25) is 0 Å². The molecule has 0 unspecified atom stereocenters. The van der Waals surface area contributed by atoms with Crippen molar-refractivity contribution in [2.75, 3.05) is 6.61 Å². The molecule has 1 aliphatic rings. The second-order valence-electron chi connectivity index (χ2n) is 9.53. The Kier molecular flexibility index (Phi) is 5.70. The molecule has 31 heavy (non-hydrogen) atoms. The first-order valence-electron chi connectivity index (χ1n) is 11.0. The van der Waals surface area contributed by atoms with Crippen molar-refractivity contribution in [3.63, 3.8) is 0 Å². The van der Waals surface area contributed by atoms with E-state index in [0.717, 1.165) is 51.4 Å². The van der Waals surface area contributed by atoms with Gasteiger partial charge in [-0.3, -0.25) is 4.98 Å². The van der Waals surface area contributed by atoms with Crippen LogP contribution in [0.25, 0.3) is 28.5 Å². The minimum Gasteiger partial charge on any atom is -0.493 e. The quantitative estimate of drug-likeness (QED) is 0.443. The third-order valence-electron chi connectivity index (χ3n) is 5.58. The van der Waals surface area contributed by atoms with Gasteiger partial charge in [0.05, 0.1) is 18.0 Å². The Morgan fingerprint density at radius 3 is 2.42 bits per heavy atom. The molecule has 4 rings (SSSR count). The van der Waals surface area contributed by atoms with E-state index in [1.165, 1.54) is 12.1 Å². The highest BCUT2D eigenvalue weighted by molar-refractivity contribution is 5.86. The second-order valence-corrected chi connectivity index (χ2v) is 9.53. The van der Waals surface area contributed by atoms with Gasteiger partial charge in [-0.1, -0.05) is 71.0 Å². The Hall–Kier alpha value is -2.94. The van der Waals surface area contributed by atoms with Gasteiger partial charge < -0.3 is 4.74 Å². The molecular weight excluding hydrogens is 385 g/mol. The van der Waals surface area contributed by atoms with Crippen LogP contribution in [0, 0.1) is 11.7 Å². The van der Waals surface area contributed by atoms with Crippen LogP contribution >= 0.6 is 0 Å². The van der Waals surface area contributed by atoms with E-state index in [0.29, 0.717) is 12.5 Å². The van der Waals surface area contributed by atoms with Crippen molar-refractivity contribution < 1.29 is 9.13 Å². The molecule has 0 saturated carbocycles. The fourth-order valence-corrected chi connectivity index (χ4v) is 4.13. The molecule has 2 nitrogen and oxygen atoms in total. The number of aromatic nitrogens is 1. The molecule has 1 aromatic heterocycles. The van der Waals surface area contributed by atoms with Crippen LogP contribution in [0.15, 0.2) is 54.6 Å². The van der Waals surface area contributed by atoms with Crippen molar-refractivity contribution in [3.8, 4) is 28.1 Å². The summed E-state index contributed by atoms with van der Waals surface area (Å²) in [5.74, 6) is 1.05. The highest BCUT2D eigenvalue weighted by Crippen LogP contribution is 2.43. The number of nitrogens with zero attached hydrogens (tertiary/aromatic N) is 1. The second kappa shape index (κ2) is 8.30. The summed E-state index contributed by atoms with van der Waals surface area (Å²) in [5.41, 5.74) is 7.28. The van der Waals surface area contributed by atoms with Gasteiger partial charge in [0.15, 0.2) is 0 Å². The van der Waals surface area contributed by atoms with Crippen LogP contribution in [0.5, 0.6) is 5.75 Å². The number of ether oxygens (including phenoxy) is 1. The number of hydrogen-bond donors (Lipinski definition) is 0. The molecule has 0 fully saturated rings. The molecule has 0 spiro atoms. The molecule has 0 N–H and O–H groups in total. The van der Waals surface area contributed by atoms with E-state index in [4.69, 9.17) is 9.72 Å². The van der Waals surface area contributed by atoms with Crippen molar-refractivity contribution in [3.05, 3.63) is 77.2 Å². The molecular formula is C28H30FNO. The molecule has 0 atom stereocenters. The third-order valence-corrected chi connectivity index (χ3v) is 5.58. The van der Waals surface area contributed by atoms with E-state index in [-0.39, 0.29) is 11.2 Å². The highest BCUT2D eigenvalue weighted by Gasteiger charge is 2.29.